The average molecular weight is 475 g/mol. The van der Waals surface area contributed by atoms with Crippen molar-refractivity contribution in [2.24, 2.45) is 0 Å². The van der Waals surface area contributed by atoms with Gasteiger partial charge in [-0.2, -0.15) is 5.10 Å². The normalized spacial score (nSPS) is 14.8. The number of nitrogens with zero attached hydrogens (tertiary/aromatic N) is 2. The molecule has 10 heteroatoms. The van der Waals surface area contributed by atoms with Crippen LogP contribution in [-0.4, -0.2) is 35.8 Å². The molecule has 2 amide bonds. The molecule has 2 heterocycles. The fourth-order valence-corrected chi connectivity index (χ4v) is 3.96. The molecule has 8 nitrogen and oxygen atoms in total. The summed E-state index contributed by atoms with van der Waals surface area (Å²) < 4.78 is 12.2. The fourth-order valence-electron chi connectivity index (χ4n) is 3.61. The first-order valence-electron chi connectivity index (χ1n) is 9.72. The van der Waals surface area contributed by atoms with E-state index in [9.17, 15) is 9.59 Å². The molecule has 32 heavy (non-hydrogen) atoms. The van der Waals surface area contributed by atoms with Crippen molar-refractivity contribution in [3.8, 4) is 16.9 Å². The maximum Gasteiger partial charge on any atom is 0.251 e. The van der Waals surface area contributed by atoms with Gasteiger partial charge in [-0.15, -0.1) is 0 Å². The molecule has 4 rings (SSSR count). The Morgan fingerprint density at radius 1 is 1.22 bits per heavy atom. The van der Waals surface area contributed by atoms with Crippen molar-refractivity contribution in [3.63, 3.8) is 0 Å². The van der Waals surface area contributed by atoms with Crippen LogP contribution in [0.1, 0.15) is 18.2 Å². The number of rotatable bonds is 7. The van der Waals surface area contributed by atoms with Crippen LogP contribution in [0.25, 0.3) is 11.1 Å². The number of methoxy groups -OCH3 is 2. The Morgan fingerprint density at radius 2 is 2.00 bits per heavy atom. The monoisotopic (exact) mass is 474 g/mol. The van der Waals surface area contributed by atoms with E-state index in [1.54, 1.807) is 32.4 Å². The first kappa shape index (κ1) is 22.1. The lowest BCUT2D eigenvalue weighted by Gasteiger charge is -2.11. The summed E-state index contributed by atoms with van der Waals surface area (Å²) >= 11 is 12.2. The second-order valence-corrected chi connectivity index (χ2v) is 7.92. The summed E-state index contributed by atoms with van der Waals surface area (Å²) in [6.45, 7) is 0.236. The molecule has 166 valence electrons. The molecule has 0 fully saturated rings. The molecule has 1 aliphatic rings. The summed E-state index contributed by atoms with van der Waals surface area (Å²) in [5.74, 6) is 0.459. The highest BCUT2D eigenvalue weighted by molar-refractivity contribution is 6.44. The molecular formula is C22H20Cl2N4O4. The zero-order chi connectivity index (χ0) is 22.8. The lowest BCUT2D eigenvalue weighted by molar-refractivity contribution is -0.123. The van der Waals surface area contributed by atoms with Gasteiger partial charge in [-0.05, 0) is 29.8 Å². The minimum atomic E-state index is -0.821. The van der Waals surface area contributed by atoms with Crippen LogP contribution in [-0.2, 0) is 20.9 Å². The van der Waals surface area contributed by atoms with Crippen molar-refractivity contribution in [3.05, 3.63) is 58.2 Å². The standard InChI is InChI=1S/C22H20Cl2N4O4/c1-31-11-16-19(12-5-3-6-13(9-12)32-2)21-26-22(30)17(28(21)27-16)10-18(29)25-15-8-4-7-14(23)20(15)24/h3-9,17H,10-11H2,1-2H3,(H,25,29)(H,26,30). The van der Waals surface area contributed by atoms with Gasteiger partial charge in [0.1, 0.15) is 17.6 Å². The fraction of sp³-hybridized carbons (Fsp3) is 0.227. The van der Waals surface area contributed by atoms with E-state index in [-0.39, 0.29) is 24.0 Å². The van der Waals surface area contributed by atoms with Gasteiger partial charge in [-0.1, -0.05) is 41.4 Å². The molecule has 1 atom stereocenters. The van der Waals surface area contributed by atoms with Crippen LogP contribution >= 0.6 is 23.2 Å². The van der Waals surface area contributed by atoms with Gasteiger partial charge in [0.25, 0.3) is 5.91 Å². The summed E-state index contributed by atoms with van der Waals surface area (Å²) in [6, 6.07) is 11.5. The highest BCUT2D eigenvalue weighted by Gasteiger charge is 2.37. The van der Waals surface area contributed by atoms with Gasteiger partial charge in [-0.25, -0.2) is 4.68 Å². The molecule has 2 aromatic carbocycles. The summed E-state index contributed by atoms with van der Waals surface area (Å²) in [5.41, 5.74) is 2.55. The highest BCUT2D eigenvalue weighted by Crippen LogP contribution is 2.40. The van der Waals surface area contributed by atoms with E-state index in [0.29, 0.717) is 28.0 Å². The van der Waals surface area contributed by atoms with Crippen molar-refractivity contribution < 1.29 is 19.1 Å². The van der Waals surface area contributed by atoms with Gasteiger partial charge >= 0.3 is 0 Å². The SMILES string of the molecule is COCc1nn2c(c1-c1cccc(OC)c1)NC(=O)C2CC(=O)Nc1cccc(Cl)c1Cl. The number of amides is 2. The quantitative estimate of drug-likeness (QED) is 0.524. The smallest absolute Gasteiger partial charge is 0.251 e. The van der Waals surface area contributed by atoms with Crippen LogP contribution in [0.15, 0.2) is 42.5 Å². The predicted octanol–water partition coefficient (Wildman–Crippen LogP) is 4.53. The third kappa shape index (κ3) is 4.17. The Hall–Kier alpha value is -3.07. The molecule has 3 aromatic rings. The zero-order valence-electron chi connectivity index (χ0n) is 17.3. The molecule has 0 aliphatic carbocycles. The Balaban J connectivity index is 1.64. The van der Waals surface area contributed by atoms with Gasteiger partial charge in [0.2, 0.25) is 5.91 Å². The van der Waals surface area contributed by atoms with Crippen LogP contribution < -0.4 is 15.4 Å². The van der Waals surface area contributed by atoms with Crippen molar-refractivity contribution >= 4 is 46.5 Å². The number of aromatic nitrogens is 2. The van der Waals surface area contributed by atoms with E-state index in [2.05, 4.69) is 15.7 Å². The van der Waals surface area contributed by atoms with Crippen LogP contribution in [0.2, 0.25) is 10.0 Å². The van der Waals surface area contributed by atoms with Crippen LogP contribution in [0, 0.1) is 0 Å². The summed E-state index contributed by atoms with van der Waals surface area (Å²) in [5, 5.41) is 10.7. The third-order valence-electron chi connectivity index (χ3n) is 5.07. The largest absolute Gasteiger partial charge is 0.497 e. The molecule has 1 aromatic heterocycles. The molecule has 1 unspecified atom stereocenters. The number of carbonyl (C=O) groups is 2. The Kier molecular flexibility index (Phi) is 6.36. The zero-order valence-corrected chi connectivity index (χ0v) is 18.8. The third-order valence-corrected chi connectivity index (χ3v) is 5.89. The summed E-state index contributed by atoms with van der Waals surface area (Å²) in [4.78, 5) is 25.4. The molecular weight excluding hydrogens is 455 g/mol. The van der Waals surface area contributed by atoms with E-state index < -0.39 is 11.9 Å². The maximum atomic E-state index is 12.7. The van der Waals surface area contributed by atoms with Gasteiger partial charge in [0, 0.05) is 7.11 Å². The van der Waals surface area contributed by atoms with Gasteiger partial charge in [0.15, 0.2) is 0 Å². The van der Waals surface area contributed by atoms with Crippen molar-refractivity contribution in [1.82, 2.24) is 9.78 Å². The van der Waals surface area contributed by atoms with E-state index in [4.69, 9.17) is 32.7 Å². The maximum absolute atomic E-state index is 12.7. The number of hydrogen-bond acceptors (Lipinski definition) is 5. The number of anilines is 2. The van der Waals surface area contributed by atoms with Crippen LogP contribution in [0.4, 0.5) is 11.5 Å². The minimum Gasteiger partial charge on any atom is -0.497 e. The molecule has 0 radical (unpaired) electrons. The summed E-state index contributed by atoms with van der Waals surface area (Å²) in [6.07, 6.45) is -0.132. The van der Waals surface area contributed by atoms with Gasteiger partial charge in [0.05, 0.1) is 47.1 Å². The number of fused-ring (bicyclic) bond motifs is 1. The Morgan fingerprint density at radius 3 is 2.75 bits per heavy atom. The second kappa shape index (κ2) is 9.20. The molecule has 1 aliphatic heterocycles. The Bertz CT molecular complexity index is 1190. The number of benzene rings is 2. The van der Waals surface area contributed by atoms with Crippen LogP contribution in [0.5, 0.6) is 5.75 Å². The van der Waals surface area contributed by atoms with Gasteiger partial charge < -0.3 is 20.1 Å². The first-order valence-corrected chi connectivity index (χ1v) is 10.5. The molecule has 2 N–H and O–H groups in total. The Labute approximate surface area is 194 Å². The topological polar surface area (TPSA) is 94.5 Å². The van der Waals surface area contributed by atoms with E-state index >= 15 is 0 Å². The van der Waals surface area contributed by atoms with Crippen LogP contribution in [0.3, 0.4) is 0 Å². The highest BCUT2D eigenvalue weighted by atomic mass is 35.5. The van der Waals surface area contributed by atoms with E-state index in [0.717, 1.165) is 11.1 Å². The van der Waals surface area contributed by atoms with E-state index in [1.165, 1.54) is 4.68 Å². The second-order valence-electron chi connectivity index (χ2n) is 7.14. The molecule has 0 bridgehead atoms. The van der Waals surface area contributed by atoms with Crippen molar-refractivity contribution in [1.29, 1.82) is 0 Å². The summed E-state index contributed by atoms with van der Waals surface area (Å²) in [7, 11) is 3.15. The lowest BCUT2D eigenvalue weighted by atomic mass is 10.1. The number of halogens is 2. The lowest BCUT2D eigenvalue weighted by Crippen LogP contribution is -2.24. The predicted molar refractivity (Wildman–Crippen MR) is 122 cm³/mol. The molecule has 0 saturated heterocycles. The average Bonchev–Trinajstić information content (AvgIpc) is 3.26. The molecule has 0 spiro atoms. The number of ether oxygens (including phenoxy) is 2. The van der Waals surface area contributed by atoms with Crippen molar-refractivity contribution in [2.45, 2.75) is 19.1 Å². The molecule has 0 saturated carbocycles. The van der Waals surface area contributed by atoms with Crippen molar-refractivity contribution in [2.75, 3.05) is 24.9 Å². The number of hydrogen-bond donors (Lipinski definition) is 2. The first-order chi connectivity index (χ1) is 15.4. The number of nitrogens with one attached hydrogen (secondary N) is 2. The van der Waals surface area contributed by atoms with E-state index in [1.807, 2.05) is 24.3 Å². The number of carbonyl (C=O) groups excluding carboxylic acids is 2. The van der Waals surface area contributed by atoms with Gasteiger partial charge in [-0.3, -0.25) is 9.59 Å². The minimum absolute atomic E-state index is 0.132.